The molecule has 69 heavy (non-hydrogen) atoms. The van der Waals surface area contributed by atoms with E-state index in [2.05, 4.69) is 0 Å². The van der Waals surface area contributed by atoms with Crippen molar-refractivity contribution < 1.29 is 67.0 Å². The van der Waals surface area contributed by atoms with Gasteiger partial charge in [-0.2, -0.15) is 0 Å². The van der Waals surface area contributed by atoms with Gasteiger partial charge < -0.3 is 43.3 Å². The van der Waals surface area contributed by atoms with Gasteiger partial charge in [-0.15, -0.1) is 0 Å². The zero-order chi connectivity index (χ0) is 51.4. The summed E-state index contributed by atoms with van der Waals surface area (Å²) in [5.41, 5.74) is 1.25. The molecule has 3 aliphatic heterocycles. The van der Waals surface area contributed by atoms with Crippen molar-refractivity contribution in [3.63, 3.8) is 0 Å². The largest absolute Gasteiger partial charge is 0.460 e. The molecule has 2 N–H and O–H groups in total. The van der Waals surface area contributed by atoms with Crippen molar-refractivity contribution in [3.05, 3.63) is 47.6 Å². The van der Waals surface area contributed by atoms with Crippen LogP contribution in [0.5, 0.6) is 0 Å². The summed E-state index contributed by atoms with van der Waals surface area (Å²) in [6.45, 7) is 15.9. The summed E-state index contributed by atoms with van der Waals surface area (Å²) >= 11 is 0. The number of piperidine rings is 1. The van der Waals surface area contributed by atoms with Crippen LogP contribution < -0.4 is 0 Å². The maximum atomic E-state index is 14.5. The SMILES string of the molecule is COC1C[C@H]2CCC(C)[C@@](O)(O2)C(=O)C(=O)N2CCCC[C@@H]2C(=O)OC(C(C)CC2CCC(OP(C)(C)=O)C(OC)C2)CC(=O)C(C)C=C(C)C(O)C(OC)C(=O)C(C)CC(C)C=CC=CC=C1C. The molecule has 2 saturated heterocycles. The number of ketones is 3. The quantitative estimate of drug-likeness (QED) is 0.104. The molecule has 390 valence electrons. The molecule has 16 heteroatoms. The zero-order valence-corrected chi connectivity index (χ0v) is 44.3. The fourth-order valence-electron chi connectivity index (χ4n) is 10.5. The van der Waals surface area contributed by atoms with E-state index < -0.39 is 85.1 Å². The van der Waals surface area contributed by atoms with E-state index in [9.17, 15) is 38.8 Å². The highest BCUT2D eigenvalue weighted by atomic mass is 31.2. The number of carbonyl (C=O) groups excluding carboxylic acids is 5. The van der Waals surface area contributed by atoms with Gasteiger partial charge in [0.2, 0.25) is 5.79 Å². The number of hydrogen-bond donors (Lipinski definition) is 2. The standard InChI is InChI=1S/C53H84NO14P/c1-32-18-14-13-15-19-33(2)44(63-8)30-40-23-21-38(7)53(61,67-40)50(58)51(59)54-25-17-16-20-41(54)52(60)66-45(35(4)28-39-22-24-43(46(29-39)64-9)68-69(11,12)62)31-42(55)34(3)27-37(6)48(57)49(65-10)47(56)36(5)26-32/h13-15,18-19,27,32,34-36,38-41,43-46,48-49,57,61H,16-17,20-26,28-31H2,1-12H3/t32?,34?,35?,36?,38?,39?,40-,41-,43?,44?,45?,46?,48?,49?,53-/m1/s1. The number of cyclic esters (lactones) is 1. The molecule has 0 aromatic heterocycles. The summed E-state index contributed by atoms with van der Waals surface area (Å²) in [5.74, 6) is -8.11. The lowest BCUT2D eigenvalue weighted by molar-refractivity contribution is -0.265. The van der Waals surface area contributed by atoms with Gasteiger partial charge in [-0.1, -0.05) is 71.1 Å². The Morgan fingerprint density at radius 1 is 0.855 bits per heavy atom. The minimum Gasteiger partial charge on any atom is -0.460 e. The Balaban J connectivity index is 1.70. The minimum absolute atomic E-state index is 0.0117. The molecule has 2 bridgehead atoms. The van der Waals surface area contributed by atoms with Crippen LogP contribution in [0.3, 0.4) is 0 Å². The van der Waals surface area contributed by atoms with Crippen molar-refractivity contribution in [1.82, 2.24) is 4.90 Å². The van der Waals surface area contributed by atoms with Crippen LogP contribution in [-0.2, 0) is 56.7 Å². The monoisotopic (exact) mass is 990 g/mol. The highest BCUT2D eigenvalue weighted by Gasteiger charge is 2.53. The highest BCUT2D eigenvalue weighted by Crippen LogP contribution is 2.45. The van der Waals surface area contributed by atoms with Gasteiger partial charge in [-0.25, -0.2) is 4.79 Å². The van der Waals surface area contributed by atoms with Crippen molar-refractivity contribution >= 4 is 36.6 Å². The third-order valence-corrected chi connectivity index (χ3v) is 15.6. The van der Waals surface area contributed by atoms with E-state index in [1.807, 2.05) is 58.1 Å². The second-order valence-electron chi connectivity index (χ2n) is 20.9. The Kier molecular flexibility index (Phi) is 22.5. The second-order valence-corrected chi connectivity index (χ2v) is 23.6. The number of aliphatic hydroxyl groups is 2. The fourth-order valence-corrected chi connectivity index (χ4v) is 11.4. The number of hydrogen-bond acceptors (Lipinski definition) is 14. The number of allylic oxidation sites excluding steroid dienone is 6. The molecule has 0 radical (unpaired) electrons. The van der Waals surface area contributed by atoms with Crippen molar-refractivity contribution in [1.29, 1.82) is 0 Å². The van der Waals surface area contributed by atoms with Crippen LogP contribution in [0.1, 0.15) is 126 Å². The number of fused-ring (bicyclic) bond motifs is 3. The summed E-state index contributed by atoms with van der Waals surface area (Å²) in [7, 11) is 1.76. The number of ether oxygens (including phenoxy) is 5. The third kappa shape index (κ3) is 16.2. The number of methoxy groups -OCH3 is 3. The predicted molar refractivity (Wildman–Crippen MR) is 263 cm³/mol. The Bertz CT molecular complexity index is 1940. The second kappa shape index (κ2) is 26.5. The number of carbonyl (C=O) groups is 5. The molecule has 1 aliphatic carbocycles. The van der Waals surface area contributed by atoms with E-state index in [-0.39, 0.29) is 60.9 Å². The number of amides is 1. The molecule has 15 nitrogen and oxygen atoms in total. The zero-order valence-electron chi connectivity index (χ0n) is 43.4. The lowest BCUT2D eigenvalue weighted by Gasteiger charge is -2.42. The molecule has 0 aromatic rings. The van der Waals surface area contributed by atoms with E-state index in [1.165, 1.54) is 12.0 Å². The van der Waals surface area contributed by atoms with Gasteiger partial charge in [-0.05, 0) is 107 Å². The average molecular weight is 990 g/mol. The highest BCUT2D eigenvalue weighted by molar-refractivity contribution is 7.57. The van der Waals surface area contributed by atoms with Crippen LogP contribution in [-0.4, -0.2) is 140 Å². The van der Waals surface area contributed by atoms with Gasteiger partial charge in [0.15, 0.2) is 13.2 Å². The molecule has 4 aliphatic rings. The average Bonchev–Trinajstić information content (AvgIpc) is 3.30. The van der Waals surface area contributed by atoms with E-state index in [4.69, 9.17) is 28.2 Å². The van der Waals surface area contributed by atoms with Crippen molar-refractivity contribution in [2.45, 2.75) is 180 Å². The molecule has 1 amide bonds. The van der Waals surface area contributed by atoms with Gasteiger partial charge in [0.1, 0.15) is 30.1 Å². The normalized spacial score (nSPS) is 36.6. The number of aliphatic hydroxyl groups excluding tert-OH is 1. The topological polar surface area (TPSA) is 201 Å². The van der Waals surface area contributed by atoms with Crippen LogP contribution in [0.25, 0.3) is 0 Å². The van der Waals surface area contributed by atoms with Crippen LogP contribution >= 0.6 is 7.37 Å². The first kappa shape index (κ1) is 58.4. The first-order valence-corrected chi connectivity index (χ1v) is 27.7. The van der Waals surface area contributed by atoms with E-state index in [1.54, 1.807) is 54.4 Å². The maximum absolute atomic E-state index is 14.5. The van der Waals surface area contributed by atoms with Gasteiger partial charge in [0.25, 0.3) is 11.7 Å². The molecule has 15 atom stereocenters. The molecule has 0 spiro atoms. The smallest absolute Gasteiger partial charge is 0.329 e. The summed E-state index contributed by atoms with van der Waals surface area (Å²) in [5, 5.41) is 23.5. The Morgan fingerprint density at radius 3 is 2.22 bits per heavy atom. The summed E-state index contributed by atoms with van der Waals surface area (Å²) in [4.78, 5) is 72.2. The fraction of sp³-hybridized carbons (Fsp3) is 0.755. The van der Waals surface area contributed by atoms with Crippen molar-refractivity contribution in [3.8, 4) is 0 Å². The summed E-state index contributed by atoms with van der Waals surface area (Å²) < 4.78 is 48.2. The van der Waals surface area contributed by atoms with Gasteiger partial charge in [0, 0.05) is 71.8 Å². The van der Waals surface area contributed by atoms with Crippen molar-refractivity contribution in [2.75, 3.05) is 41.2 Å². The summed E-state index contributed by atoms with van der Waals surface area (Å²) in [6.07, 6.45) is 11.4. The van der Waals surface area contributed by atoms with Crippen LogP contribution in [0.15, 0.2) is 47.6 Å². The Hall–Kier alpha value is -3.14. The van der Waals surface area contributed by atoms with E-state index in [0.29, 0.717) is 63.4 Å². The van der Waals surface area contributed by atoms with Crippen molar-refractivity contribution in [2.24, 2.45) is 35.5 Å². The van der Waals surface area contributed by atoms with Crippen LogP contribution in [0, 0.1) is 35.5 Å². The molecule has 1 saturated carbocycles. The lowest BCUT2D eigenvalue weighted by Crippen LogP contribution is -2.61. The van der Waals surface area contributed by atoms with Gasteiger partial charge in [0.05, 0.1) is 24.4 Å². The molecule has 0 aromatic carbocycles. The third-order valence-electron chi connectivity index (χ3n) is 14.8. The molecular weight excluding hydrogens is 906 g/mol. The number of rotatable bonds is 8. The van der Waals surface area contributed by atoms with Gasteiger partial charge in [-0.3, -0.25) is 23.7 Å². The van der Waals surface area contributed by atoms with E-state index in [0.717, 1.165) is 12.0 Å². The van der Waals surface area contributed by atoms with Crippen LogP contribution in [0.2, 0.25) is 0 Å². The number of Topliss-reactive ketones (excluding diaryl/α,β-unsaturated/α-hetero) is 3. The minimum atomic E-state index is -2.79. The predicted octanol–water partition coefficient (Wildman–Crippen LogP) is 7.74. The molecular formula is C53H84NO14P. The lowest BCUT2D eigenvalue weighted by atomic mass is 9.78. The van der Waals surface area contributed by atoms with E-state index >= 15 is 0 Å². The molecule has 3 heterocycles. The maximum Gasteiger partial charge on any atom is 0.329 e. The Morgan fingerprint density at radius 2 is 1.57 bits per heavy atom. The molecule has 4 rings (SSSR count). The number of nitrogens with zero attached hydrogens (tertiary/aromatic N) is 1. The first-order chi connectivity index (χ1) is 32.4. The summed E-state index contributed by atoms with van der Waals surface area (Å²) in [6, 6.07) is -1.16. The molecule has 12 unspecified atom stereocenters. The van der Waals surface area contributed by atoms with Crippen LogP contribution in [0.4, 0.5) is 0 Å². The molecule has 3 fully saturated rings. The number of esters is 1. The first-order valence-electron chi connectivity index (χ1n) is 25.2. The van der Waals surface area contributed by atoms with Gasteiger partial charge >= 0.3 is 5.97 Å². The Labute approximate surface area is 411 Å².